The number of rotatable bonds is 3. The molecule has 18 heavy (non-hydrogen) atoms. The molecule has 2 rings (SSSR count). The fraction of sp³-hybridized carbons (Fsp3) is 0.727. The van der Waals surface area contributed by atoms with Gasteiger partial charge in [0.05, 0.1) is 0 Å². The predicted molar refractivity (Wildman–Crippen MR) is 72.1 cm³/mol. The second kappa shape index (κ2) is 5.95. The first-order valence-electron chi connectivity index (χ1n) is 5.99. The summed E-state index contributed by atoms with van der Waals surface area (Å²) in [6.45, 7) is 3.00. The summed E-state index contributed by atoms with van der Waals surface area (Å²) in [6, 6.07) is 0. The quantitative estimate of drug-likeness (QED) is 0.848. The molecule has 0 radical (unpaired) electrons. The van der Waals surface area contributed by atoms with Gasteiger partial charge in [0.1, 0.15) is 0 Å². The van der Waals surface area contributed by atoms with Gasteiger partial charge in [-0.05, 0) is 50.5 Å². The largest absolute Gasteiger partial charge is 0.339 e. The third-order valence-corrected chi connectivity index (χ3v) is 4.31. The molecule has 0 unspecified atom stereocenters. The van der Waals surface area contributed by atoms with Crippen molar-refractivity contribution in [2.75, 3.05) is 33.7 Å². The van der Waals surface area contributed by atoms with Gasteiger partial charge in [-0.1, -0.05) is 11.3 Å². The SMILES string of the molecule is CN1CCC(CN(C)C(=O)c2nnc(Cl)s2)CC1. The van der Waals surface area contributed by atoms with Crippen molar-refractivity contribution in [3.63, 3.8) is 0 Å². The minimum Gasteiger partial charge on any atom is -0.339 e. The Morgan fingerprint density at radius 2 is 2.17 bits per heavy atom. The number of likely N-dealkylation sites (tertiary alicyclic amines) is 1. The van der Waals surface area contributed by atoms with Crippen molar-refractivity contribution < 1.29 is 4.79 Å². The van der Waals surface area contributed by atoms with E-state index in [2.05, 4.69) is 22.1 Å². The summed E-state index contributed by atoms with van der Waals surface area (Å²) in [5, 5.41) is 7.81. The van der Waals surface area contributed by atoms with Crippen LogP contribution in [0.5, 0.6) is 0 Å². The molecule has 0 saturated carbocycles. The fourth-order valence-electron chi connectivity index (χ4n) is 2.17. The van der Waals surface area contributed by atoms with E-state index in [1.165, 1.54) is 0 Å². The molecule has 0 spiro atoms. The number of hydrogen-bond acceptors (Lipinski definition) is 5. The van der Waals surface area contributed by atoms with Crippen molar-refractivity contribution >= 4 is 28.8 Å². The van der Waals surface area contributed by atoms with Gasteiger partial charge in [-0.15, -0.1) is 10.2 Å². The van der Waals surface area contributed by atoms with Crippen molar-refractivity contribution in [1.29, 1.82) is 0 Å². The summed E-state index contributed by atoms with van der Waals surface area (Å²) in [5.74, 6) is 0.497. The molecule has 1 aromatic rings. The number of aromatic nitrogens is 2. The predicted octanol–water partition coefficient (Wildman–Crippen LogP) is 1.61. The maximum Gasteiger partial charge on any atom is 0.284 e. The Bertz CT molecular complexity index is 417. The van der Waals surface area contributed by atoms with Crippen LogP contribution in [0, 0.1) is 5.92 Å². The molecule has 100 valence electrons. The van der Waals surface area contributed by atoms with Crippen LogP contribution in [0.25, 0.3) is 0 Å². The van der Waals surface area contributed by atoms with Crippen LogP contribution in [0.3, 0.4) is 0 Å². The van der Waals surface area contributed by atoms with Crippen LogP contribution in [0.15, 0.2) is 0 Å². The van der Waals surface area contributed by atoms with Gasteiger partial charge in [0.25, 0.3) is 5.91 Å². The van der Waals surface area contributed by atoms with E-state index in [0.29, 0.717) is 15.4 Å². The molecule has 1 saturated heterocycles. The lowest BCUT2D eigenvalue weighted by atomic mass is 9.97. The molecule has 0 bridgehead atoms. The number of hydrogen-bond donors (Lipinski definition) is 0. The topological polar surface area (TPSA) is 49.3 Å². The summed E-state index contributed by atoms with van der Waals surface area (Å²) in [4.78, 5) is 16.1. The van der Waals surface area contributed by atoms with Gasteiger partial charge in [0.15, 0.2) is 0 Å². The highest BCUT2D eigenvalue weighted by Crippen LogP contribution is 2.20. The molecular weight excluding hydrogens is 272 g/mol. The number of piperidine rings is 1. The normalized spacial score (nSPS) is 17.9. The number of carbonyl (C=O) groups excluding carboxylic acids is 1. The van der Waals surface area contributed by atoms with Gasteiger partial charge in [0, 0.05) is 13.6 Å². The van der Waals surface area contributed by atoms with Crippen LogP contribution in [0.4, 0.5) is 0 Å². The molecule has 1 aliphatic heterocycles. The van der Waals surface area contributed by atoms with Gasteiger partial charge in [-0.2, -0.15) is 0 Å². The average Bonchev–Trinajstić information content (AvgIpc) is 2.78. The van der Waals surface area contributed by atoms with E-state index in [1.807, 2.05) is 7.05 Å². The van der Waals surface area contributed by atoms with E-state index in [1.54, 1.807) is 4.90 Å². The maximum absolute atomic E-state index is 12.1. The van der Waals surface area contributed by atoms with Crippen LogP contribution in [-0.2, 0) is 0 Å². The highest BCUT2D eigenvalue weighted by molar-refractivity contribution is 7.17. The Hall–Kier alpha value is -0.720. The Labute approximate surface area is 116 Å². The van der Waals surface area contributed by atoms with Crippen molar-refractivity contribution in [2.24, 2.45) is 5.92 Å². The number of carbonyl (C=O) groups is 1. The second-order valence-electron chi connectivity index (χ2n) is 4.79. The van der Waals surface area contributed by atoms with Crippen molar-refractivity contribution in [3.05, 3.63) is 9.47 Å². The summed E-state index contributed by atoms with van der Waals surface area (Å²) in [5.41, 5.74) is 0. The molecule has 0 atom stereocenters. The minimum atomic E-state index is -0.0849. The van der Waals surface area contributed by atoms with Crippen molar-refractivity contribution in [1.82, 2.24) is 20.0 Å². The maximum atomic E-state index is 12.1. The van der Waals surface area contributed by atoms with E-state index in [0.717, 1.165) is 43.8 Å². The molecule has 7 heteroatoms. The molecule has 1 aromatic heterocycles. The van der Waals surface area contributed by atoms with E-state index >= 15 is 0 Å². The van der Waals surface area contributed by atoms with E-state index in [9.17, 15) is 4.79 Å². The van der Waals surface area contributed by atoms with Crippen LogP contribution in [-0.4, -0.2) is 59.6 Å². The Balaban J connectivity index is 1.88. The Morgan fingerprint density at radius 3 is 2.72 bits per heavy atom. The zero-order chi connectivity index (χ0) is 13.1. The number of halogens is 1. The lowest BCUT2D eigenvalue weighted by molar-refractivity contribution is 0.0746. The second-order valence-corrected chi connectivity index (χ2v) is 6.35. The highest BCUT2D eigenvalue weighted by atomic mass is 35.5. The molecule has 1 amide bonds. The molecule has 2 heterocycles. The molecular formula is C11H17ClN4OS. The monoisotopic (exact) mass is 288 g/mol. The van der Waals surface area contributed by atoms with E-state index in [4.69, 9.17) is 11.6 Å². The van der Waals surface area contributed by atoms with Gasteiger partial charge >= 0.3 is 0 Å². The molecule has 1 fully saturated rings. The molecule has 5 nitrogen and oxygen atoms in total. The number of amides is 1. The van der Waals surface area contributed by atoms with Crippen LogP contribution < -0.4 is 0 Å². The van der Waals surface area contributed by atoms with Gasteiger partial charge in [0.2, 0.25) is 9.47 Å². The molecule has 0 aliphatic carbocycles. The first-order chi connectivity index (χ1) is 8.56. The average molecular weight is 289 g/mol. The Kier molecular flexibility index (Phi) is 4.53. The van der Waals surface area contributed by atoms with Gasteiger partial charge in [-0.25, -0.2) is 0 Å². The smallest absolute Gasteiger partial charge is 0.284 e. The van der Waals surface area contributed by atoms with Gasteiger partial charge in [-0.3, -0.25) is 4.79 Å². The van der Waals surface area contributed by atoms with E-state index < -0.39 is 0 Å². The summed E-state index contributed by atoms with van der Waals surface area (Å²) < 4.78 is 0.311. The van der Waals surface area contributed by atoms with Crippen LogP contribution in [0.2, 0.25) is 4.47 Å². The fourth-order valence-corrected chi connectivity index (χ4v) is 2.99. The van der Waals surface area contributed by atoms with E-state index in [-0.39, 0.29) is 5.91 Å². The third-order valence-electron chi connectivity index (χ3n) is 3.30. The first-order valence-corrected chi connectivity index (χ1v) is 7.18. The lowest BCUT2D eigenvalue weighted by Gasteiger charge is -2.31. The molecule has 1 aliphatic rings. The van der Waals surface area contributed by atoms with Crippen LogP contribution in [0.1, 0.15) is 22.6 Å². The highest BCUT2D eigenvalue weighted by Gasteiger charge is 2.22. The Morgan fingerprint density at radius 1 is 1.50 bits per heavy atom. The van der Waals surface area contributed by atoms with Crippen LogP contribution >= 0.6 is 22.9 Å². The minimum absolute atomic E-state index is 0.0849. The summed E-state index contributed by atoms with van der Waals surface area (Å²) in [6.07, 6.45) is 2.29. The zero-order valence-electron chi connectivity index (χ0n) is 10.6. The number of nitrogens with zero attached hydrogens (tertiary/aromatic N) is 4. The molecule has 0 aromatic carbocycles. The first kappa shape index (κ1) is 13.7. The summed E-state index contributed by atoms with van der Waals surface area (Å²) in [7, 11) is 3.95. The third kappa shape index (κ3) is 3.40. The molecule has 0 N–H and O–H groups in total. The van der Waals surface area contributed by atoms with Crippen molar-refractivity contribution in [3.8, 4) is 0 Å². The summed E-state index contributed by atoms with van der Waals surface area (Å²) >= 11 is 6.82. The van der Waals surface area contributed by atoms with Gasteiger partial charge < -0.3 is 9.80 Å². The zero-order valence-corrected chi connectivity index (χ0v) is 12.2. The van der Waals surface area contributed by atoms with Crippen molar-refractivity contribution in [2.45, 2.75) is 12.8 Å². The standard InChI is InChI=1S/C11H17ClN4OS/c1-15-5-3-8(4-6-15)7-16(2)10(17)9-13-14-11(12)18-9/h8H,3-7H2,1-2H3. The lowest BCUT2D eigenvalue weighted by Crippen LogP contribution is -2.37.